The molecular weight excluding hydrogens is 454 g/mol. The summed E-state index contributed by atoms with van der Waals surface area (Å²) in [6.45, 7) is 8.25. The van der Waals surface area contributed by atoms with Crippen molar-refractivity contribution in [3.8, 4) is 17.1 Å². The second kappa shape index (κ2) is 9.14. The number of aromatic nitrogens is 4. The van der Waals surface area contributed by atoms with E-state index in [4.69, 9.17) is 9.72 Å². The number of sulfonamides is 1. The standard InChI is InChI=1S/C24H33N5O4S/c1-6-33-18-13-12-16(34(31,32)28-15-10-8-7-9-11-15)14-17(18)22-25-19-20(23(30)26-22)29(5)27-21(19)24(2,3)4/h12-15,28H,6-11H2,1-5H3,(H,25,26,30). The number of hydrogen-bond acceptors (Lipinski definition) is 6. The topological polar surface area (TPSA) is 119 Å². The molecule has 1 aliphatic rings. The lowest BCUT2D eigenvalue weighted by atomic mass is 9.91. The van der Waals surface area contributed by atoms with E-state index in [0.717, 1.165) is 32.1 Å². The minimum atomic E-state index is -3.74. The van der Waals surface area contributed by atoms with Crippen LogP contribution in [-0.2, 0) is 22.5 Å². The number of H-pyrrole nitrogens is 1. The maximum atomic E-state index is 13.2. The Labute approximate surface area is 200 Å². The van der Waals surface area contributed by atoms with Gasteiger partial charge in [0.25, 0.3) is 5.56 Å². The van der Waals surface area contributed by atoms with Crippen LogP contribution in [0.5, 0.6) is 5.75 Å². The van der Waals surface area contributed by atoms with Gasteiger partial charge in [0.1, 0.15) is 17.1 Å². The number of rotatable bonds is 6. The summed E-state index contributed by atoms with van der Waals surface area (Å²) in [5.74, 6) is 0.692. The second-order valence-electron chi connectivity index (χ2n) is 9.88. The van der Waals surface area contributed by atoms with E-state index in [1.54, 1.807) is 13.1 Å². The fourth-order valence-corrected chi connectivity index (χ4v) is 5.79. The van der Waals surface area contributed by atoms with E-state index in [0.29, 0.717) is 34.6 Å². The molecule has 3 aromatic rings. The molecule has 4 rings (SSSR count). The van der Waals surface area contributed by atoms with Crippen molar-refractivity contribution in [2.24, 2.45) is 7.05 Å². The molecule has 1 aromatic carbocycles. The van der Waals surface area contributed by atoms with E-state index in [-0.39, 0.29) is 27.7 Å². The molecule has 1 saturated carbocycles. The van der Waals surface area contributed by atoms with E-state index in [1.807, 2.05) is 27.7 Å². The molecule has 2 aromatic heterocycles. The molecule has 0 unspecified atom stereocenters. The first-order valence-electron chi connectivity index (χ1n) is 11.8. The minimum Gasteiger partial charge on any atom is -0.493 e. The number of benzene rings is 1. The quantitative estimate of drug-likeness (QED) is 0.548. The summed E-state index contributed by atoms with van der Waals surface area (Å²) in [7, 11) is -2.03. The Morgan fingerprint density at radius 1 is 1.21 bits per heavy atom. The Balaban J connectivity index is 1.85. The molecular formula is C24H33N5O4S. The third-order valence-electron chi connectivity index (χ3n) is 6.15. The molecule has 1 fully saturated rings. The van der Waals surface area contributed by atoms with Crippen LogP contribution >= 0.6 is 0 Å². The number of hydrogen-bond donors (Lipinski definition) is 2. The summed E-state index contributed by atoms with van der Waals surface area (Å²) < 4.78 is 36.5. The van der Waals surface area contributed by atoms with E-state index < -0.39 is 10.0 Å². The Kier molecular flexibility index (Phi) is 6.56. The first-order chi connectivity index (χ1) is 16.0. The summed E-state index contributed by atoms with van der Waals surface area (Å²) in [6, 6.07) is 4.61. The van der Waals surface area contributed by atoms with Crippen LogP contribution in [0.1, 0.15) is 65.5 Å². The summed E-state index contributed by atoms with van der Waals surface area (Å²) in [6.07, 6.45) is 4.86. The monoisotopic (exact) mass is 487 g/mol. The first-order valence-corrected chi connectivity index (χ1v) is 13.3. The van der Waals surface area contributed by atoms with Gasteiger partial charge < -0.3 is 9.72 Å². The van der Waals surface area contributed by atoms with Gasteiger partial charge in [0.2, 0.25) is 10.0 Å². The highest BCUT2D eigenvalue weighted by atomic mass is 32.2. The predicted octanol–water partition coefficient (Wildman–Crippen LogP) is 3.63. The number of nitrogens with one attached hydrogen (secondary N) is 2. The molecule has 0 aliphatic heterocycles. The predicted molar refractivity (Wildman–Crippen MR) is 132 cm³/mol. The summed E-state index contributed by atoms with van der Waals surface area (Å²) in [4.78, 5) is 20.7. The molecule has 1 aliphatic carbocycles. The lowest BCUT2D eigenvalue weighted by Crippen LogP contribution is -2.36. The van der Waals surface area contributed by atoms with Gasteiger partial charge in [-0.15, -0.1) is 0 Å². The number of aromatic amines is 1. The third-order valence-corrected chi connectivity index (χ3v) is 7.66. The number of ether oxygens (including phenoxy) is 1. The van der Waals surface area contributed by atoms with Crippen molar-refractivity contribution in [1.82, 2.24) is 24.5 Å². The van der Waals surface area contributed by atoms with E-state index in [1.165, 1.54) is 16.8 Å². The van der Waals surface area contributed by atoms with Crippen molar-refractivity contribution < 1.29 is 13.2 Å². The van der Waals surface area contributed by atoms with Gasteiger partial charge in [0.15, 0.2) is 5.52 Å². The van der Waals surface area contributed by atoms with Gasteiger partial charge in [-0.1, -0.05) is 40.0 Å². The van der Waals surface area contributed by atoms with Gasteiger partial charge in [0, 0.05) is 18.5 Å². The van der Waals surface area contributed by atoms with Crippen LogP contribution in [0.3, 0.4) is 0 Å². The fourth-order valence-electron chi connectivity index (χ4n) is 4.46. The smallest absolute Gasteiger partial charge is 0.277 e. The Morgan fingerprint density at radius 2 is 1.91 bits per heavy atom. The maximum absolute atomic E-state index is 13.2. The number of fused-ring (bicyclic) bond motifs is 1. The van der Waals surface area contributed by atoms with Crippen molar-refractivity contribution in [3.63, 3.8) is 0 Å². The fraction of sp³-hybridized carbons (Fsp3) is 0.542. The largest absolute Gasteiger partial charge is 0.493 e. The van der Waals surface area contributed by atoms with Crippen molar-refractivity contribution in [2.45, 2.75) is 76.2 Å². The van der Waals surface area contributed by atoms with E-state index >= 15 is 0 Å². The van der Waals surface area contributed by atoms with Crippen molar-refractivity contribution in [3.05, 3.63) is 34.2 Å². The lowest BCUT2D eigenvalue weighted by Gasteiger charge is -2.23. The van der Waals surface area contributed by atoms with Gasteiger partial charge in [0.05, 0.1) is 22.8 Å². The zero-order valence-corrected chi connectivity index (χ0v) is 21.3. The third kappa shape index (κ3) is 4.74. The summed E-state index contributed by atoms with van der Waals surface area (Å²) in [5, 5.41) is 4.53. The zero-order chi connectivity index (χ0) is 24.7. The minimum absolute atomic E-state index is 0.0622. The highest BCUT2D eigenvalue weighted by molar-refractivity contribution is 7.89. The maximum Gasteiger partial charge on any atom is 0.277 e. The van der Waals surface area contributed by atoms with Gasteiger partial charge in [-0.05, 0) is 38.0 Å². The van der Waals surface area contributed by atoms with Crippen LogP contribution in [-0.4, -0.2) is 40.8 Å². The highest BCUT2D eigenvalue weighted by Gasteiger charge is 2.27. The van der Waals surface area contributed by atoms with Crippen LogP contribution in [0.2, 0.25) is 0 Å². The average molecular weight is 488 g/mol. The molecule has 2 heterocycles. The van der Waals surface area contributed by atoms with E-state index in [9.17, 15) is 13.2 Å². The molecule has 0 amide bonds. The Morgan fingerprint density at radius 3 is 2.56 bits per heavy atom. The molecule has 34 heavy (non-hydrogen) atoms. The average Bonchev–Trinajstić information content (AvgIpc) is 3.12. The molecule has 0 spiro atoms. The van der Waals surface area contributed by atoms with Gasteiger partial charge >= 0.3 is 0 Å². The molecule has 0 radical (unpaired) electrons. The van der Waals surface area contributed by atoms with Crippen molar-refractivity contribution in [2.75, 3.05) is 6.61 Å². The molecule has 10 heteroatoms. The van der Waals surface area contributed by atoms with Gasteiger partial charge in [-0.25, -0.2) is 18.1 Å². The highest BCUT2D eigenvalue weighted by Crippen LogP contribution is 2.33. The van der Waals surface area contributed by atoms with Gasteiger partial charge in [-0.2, -0.15) is 5.10 Å². The zero-order valence-electron chi connectivity index (χ0n) is 20.4. The molecule has 2 N–H and O–H groups in total. The molecule has 0 saturated heterocycles. The second-order valence-corrected chi connectivity index (χ2v) is 11.6. The van der Waals surface area contributed by atoms with Crippen LogP contribution in [0.25, 0.3) is 22.4 Å². The first kappa shape index (κ1) is 24.4. The van der Waals surface area contributed by atoms with Crippen molar-refractivity contribution >= 4 is 21.1 Å². The van der Waals surface area contributed by atoms with Crippen LogP contribution in [0, 0.1) is 0 Å². The van der Waals surface area contributed by atoms with Crippen molar-refractivity contribution in [1.29, 1.82) is 0 Å². The van der Waals surface area contributed by atoms with Gasteiger partial charge in [-0.3, -0.25) is 9.48 Å². The van der Waals surface area contributed by atoms with Crippen LogP contribution in [0.15, 0.2) is 27.9 Å². The molecule has 0 bridgehead atoms. The van der Waals surface area contributed by atoms with E-state index in [2.05, 4.69) is 14.8 Å². The SMILES string of the molecule is CCOc1ccc(S(=O)(=O)NC2CCCCC2)cc1-c1nc2c(C(C)(C)C)nn(C)c2c(=O)[nH]1. The normalized spacial score (nSPS) is 15.7. The van der Waals surface area contributed by atoms with Crippen LogP contribution in [0.4, 0.5) is 0 Å². The molecule has 9 nitrogen and oxygen atoms in total. The Hall–Kier alpha value is -2.72. The summed E-state index contributed by atoms with van der Waals surface area (Å²) >= 11 is 0. The Bertz CT molecular complexity index is 1360. The molecule has 184 valence electrons. The van der Waals surface area contributed by atoms with Crippen LogP contribution < -0.4 is 15.0 Å². The molecule has 0 atom stereocenters. The summed E-state index contributed by atoms with van der Waals surface area (Å²) in [5.41, 5.74) is 1.28. The number of aryl methyl sites for hydroxylation is 1. The lowest BCUT2D eigenvalue weighted by molar-refractivity contribution is 0.341. The number of nitrogens with zero attached hydrogens (tertiary/aromatic N) is 3.